The van der Waals surface area contributed by atoms with E-state index >= 15 is 0 Å². The van der Waals surface area contributed by atoms with Crippen LogP contribution in [0.15, 0.2) is 65.0 Å². The van der Waals surface area contributed by atoms with Gasteiger partial charge < -0.3 is 9.45 Å². The molecule has 1 heterocycles. The Morgan fingerprint density at radius 1 is 1.18 bits per heavy atom. The van der Waals surface area contributed by atoms with Gasteiger partial charge in [-0.3, -0.25) is 14.3 Å². The number of anilines is 1. The third kappa shape index (κ3) is 8.26. The minimum atomic E-state index is -4.41. The Balaban J connectivity index is 0.000000604. The van der Waals surface area contributed by atoms with E-state index in [0.717, 1.165) is 48.5 Å². The number of thiazole rings is 1. The number of hydrogen-bond acceptors (Lipinski definition) is 10. The summed E-state index contributed by atoms with van der Waals surface area (Å²) in [6, 6.07) is 16.4. The molecular weight excluding hydrogens is 482 g/mol. The standard InChI is InChI=1S/C20H22N5O2S.CH4O4S/c1-4-24(13-16-8-6-5-7-9-16)17-10-11-18(15(2)12-17)21-22-20-23(3)14-19(28-20)25(26)27;1-5-6(2,3)4/h5-12,14H,4,13H2,1-3H3;1H3,(H,2,3,4)/q+1;/p-1. The third-order valence-electron chi connectivity index (χ3n) is 4.57. The predicted molar refractivity (Wildman–Crippen MR) is 127 cm³/mol. The van der Waals surface area contributed by atoms with Crippen molar-refractivity contribution in [2.75, 3.05) is 18.6 Å². The topological polar surface area (TPSA) is 141 Å². The van der Waals surface area contributed by atoms with Crippen LogP contribution in [0.2, 0.25) is 0 Å². The van der Waals surface area contributed by atoms with Crippen LogP contribution in [-0.2, 0) is 28.2 Å². The maximum absolute atomic E-state index is 10.9. The molecule has 3 rings (SSSR count). The molecule has 0 atom stereocenters. The fourth-order valence-electron chi connectivity index (χ4n) is 2.82. The number of aromatic nitrogens is 1. The molecule has 0 aliphatic rings. The van der Waals surface area contributed by atoms with E-state index in [2.05, 4.69) is 44.4 Å². The number of hydrogen-bond donors (Lipinski definition) is 0. The average Bonchev–Trinajstić information content (AvgIpc) is 3.18. The first-order valence-corrected chi connectivity index (χ1v) is 12.2. The van der Waals surface area contributed by atoms with Crippen LogP contribution in [0.5, 0.6) is 0 Å². The van der Waals surface area contributed by atoms with Gasteiger partial charge in [-0.05, 0) is 48.3 Å². The van der Waals surface area contributed by atoms with Crippen molar-refractivity contribution in [2.45, 2.75) is 20.4 Å². The van der Waals surface area contributed by atoms with E-state index in [-0.39, 0.29) is 5.00 Å². The summed E-state index contributed by atoms with van der Waals surface area (Å²) < 4.78 is 32.6. The maximum Gasteiger partial charge on any atom is 0.414 e. The van der Waals surface area contributed by atoms with Gasteiger partial charge in [0.25, 0.3) is 0 Å². The summed E-state index contributed by atoms with van der Waals surface area (Å²) in [4.78, 5) is 12.8. The Hall–Kier alpha value is -3.26. The Morgan fingerprint density at radius 2 is 1.82 bits per heavy atom. The zero-order valence-electron chi connectivity index (χ0n) is 19.1. The summed E-state index contributed by atoms with van der Waals surface area (Å²) in [6.45, 7) is 5.86. The highest BCUT2D eigenvalue weighted by molar-refractivity contribution is 7.80. The Kier molecular flexibility index (Phi) is 9.74. The zero-order chi connectivity index (χ0) is 25.3. The quantitative estimate of drug-likeness (QED) is 0.110. The SMILES string of the molecule is CCN(Cc1ccccc1)c1ccc(N=Nc2sc([N+](=O)[O-])c[n+]2C)c(C)c1.COS(=O)(=O)[O-]. The molecule has 182 valence electrons. The van der Waals surface area contributed by atoms with Crippen molar-refractivity contribution in [1.82, 2.24) is 0 Å². The lowest BCUT2D eigenvalue weighted by molar-refractivity contribution is -0.656. The van der Waals surface area contributed by atoms with Crippen molar-refractivity contribution in [3.05, 3.63) is 76.0 Å². The second kappa shape index (κ2) is 12.3. The molecule has 0 aliphatic heterocycles. The van der Waals surface area contributed by atoms with Gasteiger partial charge in [0.1, 0.15) is 5.69 Å². The monoisotopic (exact) mass is 507 g/mol. The highest BCUT2D eigenvalue weighted by Gasteiger charge is 2.21. The van der Waals surface area contributed by atoms with Gasteiger partial charge in [0.15, 0.2) is 6.20 Å². The second-order valence-electron chi connectivity index (χ2n) is 6.97. The number of rotatable bonds is 8. The first-order chi connectivity index (χ1) is 16.0. The van der Waals surface area contributed by atoms with E-state index in [1.807, 2.05) is 37.3 Å². The molecule has 34 heavy (non-hydrogen) atoms. The van der Waals surface area contributed by atoms with E-state index in [4.69, 9.17) is 0 Å². The minimum Gasteiger partial charge on any atom is -0.726 e. The fourth-order valence-corrected chi connectivity index (χ4v) is 3.57. The Bertz CT molecular complexity index is 1250. The van der Waals surface area contributed by atoms with Gasteiger partial charge in [0.05, 0.1) is 24.2 Å². The van der Waals surface area contributed by atoms with Gasteiger partial charge in [-0.2, -0.15) is 0 Å². The van der Waals surface area contributed by atoms with Gasteiger partial charge in [-0.15, -0.1) is 0 Å². The van der Waals surface area contributed by atoms with Crippen molar-refractivity contribution >= 4 is 43.2 Å². The minimum absolute atomic E-state index is 0.0445. The lowest BCUT2D eigenvalue weighted by atomic mass is 10.1. The largest absolute Gasteiger partial charge is 0.726 e. The number of nitrogens with zero attached hydrogens (tertiary/aromatic N) is 5. The third-order valence-corrected chi connectivity index (χ3v) is 6.00. The highest BCUT2D eigenvalue weighted by Crippen LogP contribution is 2.30. The molecular formula is C21H25N5O6S2. The summed E-state index contributed by atoms with van der Waals surface area (Å²) >= 11 is 1.00. The number of nitro groups is 1. The molecule has 0 amide bonds. The van der Waals surface area contributed by atoms with E-state index in [0.29, 0.717) is 5.13 Å². The lowest BCUT2D eigenvalue weighted by Gasteiger charge is -2.23. The molecule has 0 saturated heterocycles. The summed E-state index contributed by atoms with van der Waals surface area (Å²) in [5.74, 6) is 0. The fraction of sp³-hybridized carbons (Fsp3) is 0.286. The van der Waals surface area contributed by atoms with Crippen molar-refractivity contribution in [2.24, 2.45) is 17.3 Å². The molecule has 2 aromatic carbocycles. The molecule has 0 bridgehead atoms. The number of benzene rings is 2. The Labute approximate surface area is 202 Å². The van der Waals surface area contributed by atoms with E-state index in [9.17, 15) is 23.1 Å². The highest BCUT2D eigenvalue weighted by atomic mass is 32.3. The molecule has 0 unspecified atom stereocenters. The van der Waals surface area contributed by atoms with Gasteiger partial charge in [0.2, 0.25) is 10.4 Å². The van der Waals surface area contributed by atoms with Crippen LogP contribution in [0, 0.1) is 17.0 Å². The molecule has 11 nitrogen and oxygen atoms in total. The molecule has 0 N–H and O–H groups in total. The second-order valence-corrected chi connectivity index (χ2v) is 9.10. The van der Waals surface area contributed by atoms with Crippen molar-refractivity contribution in [3.63, 3.8) is 0 Å². The first kappa shape index (κ1) is 27.0. The van der Waals surface area contributed by atoms with Crippen LogP contribution >= 0.6 is 11.3 Å². The van der Waals surface area contributed by atoms with E-state index in [1.165, 1.54) is 11.8 Å². The van der Waals surface area contributed by atoms with Crippen molar-refractivity contribution in [3.8, 4) is 0 Å². The van der Waals surface area contributed by atoms with Gasteiger partial charge in [-0.25, -0.2) is 13.0 Å². The Morgan fingerprint density at radius 3 is 2.32 bits per heavy atom. The van der Waals surface area contributed by atoms with Crippen LogP contribution in [-0.4, -0.2) is 31.5 Å². The van der Waals surface area contributed by atoms with Crippen LogP contribution in [0.4, 0.5) is 21.5 Å². The van der Waals surface area contributed by atoms with Crippen LogP contribution in [0.25, 0.3) is 0 Å². The predicted octanol–water partition coefficient (Wildman–Crippen LogP) is 4.32. The molecule has 0 aliphatic carbocycles. The van der Waals surface area contributed by atoms with Crippen LogP contribution in [0.1, 0.15) is 18.1 Å². The van der Waals surface area contributed by atoms with Gasteiger partial charge in [-0.1, -0.05) is 30.3 Å². The molecule has 3 aromatic rings. The van der Waals surface area contributed by atoms with Crippen LogP contribution in [0.3, 0.4) is 0 Å². The number of azo groups is 1. The summed E-state index contributed by atoms with van der Waals surface area (Å²) in [5, 5.41) is 19.9. The van der Waals surface area contributed by atoms with Crippen molar-refractivity contribution < 1.29 is 26.6 Å². The van der Waals surface area contributed by atoms with E-state index in [1.54, 1.807) is 11.6 Å². The molecule has 1 aromatic heterocycles. The van der Waals surface area contributed by atoms with Gasteiger partial charge in [0, 0.05) is 30.1 Å². The summed E-state index contributed by atoms with van der Waals surface area (Å²) in [6.07, 6.45) is 1.44. The van der Waals surface area contributed by atoms with Gasteiger partial charge >= 0.3 is 10.1 Å². The number of aryl methyl sites for hydroxylation is 2. The van der Waals surface area contributed by atoms with Crippen LogP contribution < -0.4 is 9.47 Å². The molecule has 13 heteroatoms. The molecule has 0 radical (unpaired) electrons. The van der Waals surface area contributed by atoms with E-state index < -0.39 is 15.3 Å². The molecule has 0 saturated carbocycles. The molecule has 0 spiro atoms. The van der Waals surface area contributed by atoms with Crippen molar-refractivity contribution in [1.29, 1.82) is 0 Å². The molecule has 0 fully saturated rings. The summed E-state index contributed by atoms with van der Waals surface area (Å²) in [5.41, 5.74) is 4.13. The average molecular weight is 508 g/mol. The smallest absolute Gasteiger partial charge is 0.414 e. The lowest BCUT2D eigenvalue weighted by Crippen LogP contribution is -2.23. The first-order valence-electron chi connectivity index (χ1n) is 10.0. The maximum atomic E-state index is 10.9. The normalized spacial score (nSPS) is 11.2. The summed E-state index contributed by atoms with van der Waals surface area (Å²) in [7, 11) is -1.89. The zero-order valence-corrected chi connectivity index (χ0v) is 20.7.